The molecule has 0 aromatic heterocycles. The van der Waals surface area contributed by atoms with Gasteiger partial charge in [-0.05, 0) is 145 Å². The minimum absolute atomic E-state index is 0.0176. The summed E-state index contributed by atoms with van der Waals surface area (Å²) in [5.41, 5.74) is -16.7. The van der Waals surface area contributed by atoms with Crippen molar-refractivity contribution in [2.75, 3.05) is 27.1 Å². The maximum atomic E-state index is 14.6. The van der Waals surface area contributed by atoms with Crippen molar-refractivity contribution in [2.45, 2.75) is 191 Å². The van der Waals surface area contributed by atoms with E-state index in [9.17, 15) is 76.1 Å². The van der Waals surface area contributed by atoms with Gasteiger partial charge in [-0.15, -0.1) is 0 Å². The van der Waals surface area contributed by atoms with Gasteiger partial charge in [-0.3, -0.25) is 0 Å². The number of hydrogen-bond donors (Lipinski definition) is 2. The van der Waals surface area contributed by atoms with Crippen molar-refractivity contribution < 1.29 is 95.0 Å². The number of hydrogen-bond acceptors (Lipinski definition) is 6. The van der Waals surface area contributed by atoms with E-state index in [1.54, 1.807) is 6.92 Å². The summed E-state index contributed by atoms with van der Waals surface area (Å²) < 4.78 is 230. The lowest BCUT2D eigenvalue weighted by molar-refractivity contribution is -0.325. The Balaban J connectivity index is 0.000000501. The molecule has 0 radical (unpaired) electrons. The maximum Gasteiger partial charge on any atom is 0.421 e. The quantitative estimate of drug-likeness (QED) is 0.0880. The van der Waals surface area contributed by atoms with Crippen LogP contribution in [-0.2, 0) is 35.6 Å². The largest absolute Gasteiger partial charge is 0.421 e. The molecule has 3 rings (SSSR count). The highest BCUT2D eigenvalue weighted by molar-refractivity contribution is 5.40. The van der Waals surface area contributed by atoms with Crippen LogP contribution in [0, 0.1) is 17.8 Å². The van der Waals surface area contributed by atoms with Crippen molar-refractivity contribution in [3.63, 3.8) is 0 Å². The Labute approximate surface area is 401 Å². The first-order valence-corrected chi connectivity index (χ1v) is 22.8. The van der Waals surface area contributed by atoms with Crippen LogP contribution in [0.2, 0.25) is 0 Å². The van der Waals surface area contributed by atoms with Crippen molar-refractivity contribution in [2.24, 2.45) is 17.8 Å². The normalized spacial score (nSPS) is 22.4. The lowest BCUT2D eigenvalue weighted by atomic mass is 9.61. The summed E-state index contributed by atoms with van der Waals surface area (Å²) in [5.74, 6) is -5.18. The number of benzene rings is 2. The number of methoxy groups -OCH3 is 1. The molecule has 0 aliphatic heterocycles. The number of aliphatic hydroxyl groups is 2. The fraction of sp³-hybridized carbons (Fsp3) is 0.755. The Morgan fingerprint density at radius 1 is 0.514 bits per heavy atom. The summed E-state index contributed by atoms with van der Waals surface area (Å²) >= 11 is 0. The monoisotopic (exact) mass is 1040 g/mol. The zero-order valence-corrected chi connectivity index (χ0v) is 41.8. The predicted octanol–water partition coefficient (Wildman–Crippen LogP) is 14.9. The van der Waals surface area contributed by atoms with E-state index < -0.39 is 114 Å². The minimum atomic E-state index is -5.24. The van der Waals surface area contributed by atoms with Crippen LogP contribution in [-0.4, -0.2) is 85.0 Å². The first-order valence-electron chi connectivity index (χ1n) is 22.8. The Bertz CT molecular complexity index is 1920. The second kappa shape index (κ2) is 22.3. The molecule has 1 fully saturated rings. The molecular weight excluding hydrogens is 970 g/mol. The predicted molar refractivity (Wildman–Crippen MR) is 233 cm³/mol. The third kappa shape index (κ3) is 14.0. The molecule has 0 heterocycles. The Morgan fingerprint density at radius 2 is 0.929 bits per heavy atom. The molecule has 2 N–H and O–H groups in total. The van der Waals surface area contributed by atoms with Crippen LogP contribution in [0.15, 0.2) is 42.5 Å². The third-order valence-corrected chi connectivity index (χ3v) is 14.6. The topological polar surface area (TPSA) is 77.4 Å². The van der Waals surface area contributed by atoms with E-state index in [2.05, 4.69) is 0 Å². The molecule has 2 aromatic carbocycles. The Morgan fingerprint density at radius 3 is 1.31 bits per heavy atom. The van der Waals surface area contributed by atoms with Gasteiger partial charge in [0.1, 0.15) is 6.79 Å². The summed E-state index contributed by atoms with van der Waals surface area (Å²) in [6.45, 7) is 13.6. The molecule has 6 nitrogen and oxygen atoms in total. The SMILES string of the molecule is CCC(C)c1cc(C(C)(C)C(F)(F)F)cc(C(C)(OCOCCOC)C(F)(F)F)c1.CCC(C)c1ccc(C(C)(OC(C)(C)C2CC(C(C)(O)C(F)(F)F)CC(C(C)(O)C(F)(F)F)C2)C(F)(F)F)cc1. The molecule has 0 saturated heterocycles. The standard InChI is InChI=1S/C28H39F9O3.C21H30F6O3/c1-8-16(2)17-9-11-18(12-10-17)25(7,28(35,36)37)40-22(3,4)19-13-20(23(5,38)26(29,30)31)15-21(14-19)24(6,39)27(32,33)34;1-7-14(2)15-10-16(18(3,4)20(22,23)24)12-17(11-15)19(5,21(25,26)27)30-13-29-9-8-28-6/h9-12,16,19-21,38-39H,8,13-15H2,1-7H3;10-12,14H,7-9,13H2,1-6H3. The molecule has 0 spiro atoms. The van der Waals surface area contributed by atoms with Crippen molar-refractivity contribution in [3.05, 3.63) is 70.3 Å². The number of halogens is 15. The zero-order chi connectivity index (χ0) is 54.7. The highest BCUT2D eigenvalue weighted by atomic mass is 19.4. The van der Waals surface area contributed by atoms with E-state index in [0.717, 1.165) is 45.7 Å². The fourth-order valence-electron chi connectivity index (χ4n) is 8.18. The van der Waals surface area contributed by atoms with Crippen LogP contribution in [0.1, 0.15) is 155 Å². The number of alkyl halides is 15. The highest BCUT2D eigenvalue weighted by Crippen LogP contribution is 2.56. The van der Waals surface area contributed by atoms with Crippen LogP contribution < -0.4 is 0 Å². The van der Waals surface area contributed by atoms with Crippen molar-refractivity contribution >= 4 is 0 Å². The summed E-state index contributed by atoms with van der Waals surface area (Å²) in [6.07, 6.45) is -25.7. The van der Waals surface area contributed by atoms with Crippen LogP contribution in [0.4, 0.5) is 65.9 Å². The summed E-state index contributed by atoms with van der Waals surface area (Å²) in [6, 6.07) is 9.09. The molecule has 406 valence electrons. The second-order valence-electron chi connectivity index (χ2n) is 20.2. The van der Waals surface area contributed by atoms with E-state index >= 15 is 0 Å². The van der Waals surface area contributed by atoms with Gasteiger partial charge in [0.25, 0.3) is 0 Å². The highest BCUT2D eigenvalue weighted by Gasteiger charge is 2.64. The first kappa shape index (κ1) is 63.3. The van der Waals surface area contributed by atoms with Gasteiger partial charge in [-0.1, -0.05) is 70.2 Å². The van der Waals surface area contributed by atoms with Gasteiger partial charge in [0.05, 0.1) is 24.2 Å². The van der Waals surface area contributed by atoms with E-state index in [1.807, 2.05) is 20.8 Å². The smallest absolute Gasteiger partial charge is 0.382 e. The first-order chi connectivity index (χ1) is 31.3. The maximum absolute atomic E-state index is 14.6. The summed E-state index contributed by atoms with van der Waals surface area (Å²) in [4.78, 5) is 0. The van der Waals surface area contributed by atoms with Gasteiger partial charge in [-0.25, -0.2) is 0 Å². The van der Waals surface area contributed by atoms with Gasteiger partial charge in [0.2, 0.25) is 0 Å². The van der Waals surface area contributed by atoms with Gasteiger partial charge < -0.3 is 29.2 Å². The lowest BCUT2D eigenvalue weighted by Gasteiger charge is -2.51. The molecule has 1 aliphatic carbocycles. The zero-order valence-electron chi connectivity index (χ0n) is 41.8. The lowest BCUT2D eigenvalue weighted by Crippen LogP contribution is -2.59. The van der Waals surface area contributed by atoms with Crippen molar-refractivity contribution in [3.8, 4) is 0 Å². The van der Waals surface area contributed by atoms with Crippen LogP contribution >= 0.6 is 0 Å². The molecule has 21 heteroatoms. The Kier molecular flexibility index (Phi) is 20.2. The number of ether oxygens (including phenoxy) is 4. The molecule has 1 saturated carbocycles. The van der Waals surface area contributed by atoms with Gasteiger partial charge in [-0.2, -0.15) is 65.9 Å². The molecule has 8 unspecified atom stereocenters. The minimum Gasteiger partial charge on any atom is -0.382 e. The molecule has 8 atom stereocenters. The third-order valence-electron chi connectivity index (χ3n) is 14.6. The van der Waals surface area contributed by atoms with Gasteiger partial charge in [0, 0.05) is 7.11 Å². The van der Waals surface area contributed by atoms with E-state index in [-0.39, 0.29) is 36.2 Å². The second-order valence-corrected chi connectivity index (χ2v) is 20.2. The molecule has 2 aromatic rings. The van der Waals surface area contributed by atoms with Crippen LogP contribution in [0.5, 0.6) is 0 Å². The molecule has 0 bridgehead atoms. The molecular formula is C49H69F15O6. The van der Waals surface area contributed by atoms with Gasteiger partial charge >= 0.3 is 30.9 Å². The van der Waals surface area contributed by atoms with E-state index in [4.69, 9.17) is 18.9 Å². The van der Waals surface area contributed by atoms with Crippen molar-refractivity contribution in [1.29, 1.82) is 0 Å². The molecule has 0 amide bonds. The summed E-state index contributed by atoms with van der Waals surface area (Å²) in [7, 11) is 1.41. The fourth-order valence-corrected chi connectivity index (χ4v) is 8.18. The van der Waals surface area contributed by atoms with Crippen LogP contribution in [0.25, 0.3) is 0 Å². The van der Waals surface area contributed by atoms with Crippen molar-refractivity contribution in [1.82, 2.24) is 0 Å². The van der Waals surface area contributed by atoms with E-state index in [0.29, 0.717) is 25.8 Å². The molecule has 1 aliphatic rings. The van der Waals surface area contributed by atoms with Gasteiger partial charge in [0.15, 0.2) is 22.4 Å². The Hall–Kier alpha value is -2.85. The average molecular weight is 1040 g/mol. The van der Waals surface area contributed by atoms with Crippen LogP contribution in [0.3, 0.4) is 0 Å². The summed E-state index contributed by atoms with van der Waals surface area (Å²) in [5, 5.41) is 20.7. The molecule has 70 heavy (non-hydrogen) atoms. The average Bonchev–Trinajstić information content (AvgIpc) is 3.23. The van der Waals surface area contributed by atoms with E-state index in [1.165, 1.54) is 57.4 Å². The number of rotatable bonds is 18.